The SMILES string of the molecule is COc1ccc(-c2cc(=[NH+]c3ccc(C(C)=O)cc3)c3ccccc3o2)cc1OC.F[B-](F)(F)F. The number of ketones is 1. The molecule has 0 radical (unpaired) electrons. The van der Waals surface area contributed by atoms with Crippen molar-refractivity contribution in [2.24, 2.45) is 0 Å². The topological polar surface area (TPSA) is 62.6 Å². The van der Waals surface area contributed by atoms with Crippen molar-refractivity contribution in [2.45, 2.75) is 6.92 Å². The van der Waals surface area contributed by atoms with Crippen LogP contribution >= 0.6 is 0 Å². The van der Waals surface area contributed by atoms with Gasteiger partial charge in [-0.15, -0.1) is 0 Å². The van der Waals surface area contributed by atoms with Gasteiger partial charge in [0.1, 0.15) is 11.3 Å². The molecule has 0 aliphatic rings. The van der Waals surface area contributed by atoms with Crippen LogP contribution in [0.2, 0.25) is 0 Å². The van der Waals surface area contributed by atoms with Gasteiger partial charge in [-0.2, -0.15) is 0 Å². The van der Waals surface area contributed by atoms with Crippen molar-refractivity contribution in [1.82, 2.24) is 0 Å². The second kappa shape index (κ2) is 10.9. The van der Waals surface area contributed by atoms with E-state index in [0.717, 1.165) is 27.6 Å². The van der Waals surface area contributed by atoms with E-state index in [1.807, 2.05) is 72.8 Å². The first-order valence-corrected chi connectivity index (χ1v) is 10.4. The Morgan fingerprint density at radius 1 is 0.857 bits per heavy atom. The Bertz CT molecular complexity index is 1390. The van der Waals surface area contributed by atoms with E-state index in [1.165, 1.54) is 0 Å². The molecular formula is C25H22BF4NO4. The first-order chi connectivity index (χ1) is 16.6. The van der Waals surface area contributed by atoms with Crippen molar-refractivity contribution < 1.29 is 40.9 Å². The van der Waals surface area contributed by atoms with Crippen LogP contribution in [0, 0.1) is 0 Å². The molecule has 4 aromatic rings. The lowest BCUT2D eigenvalue weighted by Crippen LogP contribution is -2.70. The molecule has 0 aliphatic heterocycles. The summed E-state index contributed by atoms with van der Waals surface area (Å²) in [6, 6.07) is 22.9. The number of rotatable bonds is 5. The molecule has 0 aliphatic carbocycles. The van der Waals surface area contributed by atoms with E-state index >= 15 is 0 Å². The zero-order chi connectivity index (χ0) is 25.6. The zero-order valence-corrected chi connectivity index (χ0v) is 19.2. The normalized spacial score (nSPS) is 11.6. The quantitative estimate of drug-likeness (QED) is 0.246. The van der Waals surface area contributed by atoms with Gasteiger partial charge < -0.3 is 31.2 Å². The molecule has 182 valence electrons. The van der Waals surface area contributed by atoms with Crippen molar-refractivity contribution in [3.8, 4) is 22.8 Å². The number of hydrogen-bond acceptors (Lipinski definition) is 4. The lowest BCUT2D eigenvalue weighted by Gasteiger charge is -2.09. The molecule has 0 bridgehead atoms. The van der Waals surface area contributed by atoms with Gasteiger partial charge in [0.15, 0.2) is 17.3 Å². The van der Waals surface area contributed by atoms with Crippen LogP contribution < -0.4 is 19.8 Å². The molecule has 0 atom stereocenters. The van der Waals surface area contributed by atoms with Gasteiger partial charge >= 0.3 is 7.25 Å². The third-order valence-electron chi connectivity index (χ3n) is 4.91. The smallest absolute Gasteiger partial charge is 0.493 e. The molecule has 35 heavy (non-hydrogen) atoms. The van der Waals surface area contributed by atoms with Crippen LogP contribution in [0.3, 0.4) is 0 Å². The Morgan fingerprint density at radius 2 is 1.49 bits per heavy atom. The Balaban J connectivity index is 0.000000623. The van der Waals surface area contributed by atoms with E-state index < -0.39 is 7.25 Å². The molecule has 0 spiro atoms. The van der Waals surface area contributed by atoms with Gasteiger partial charge in [-0.25, -0.2) is 4.99 Å². The van der Waals surface area contributed by atoms with Gasteiger partial charge in [0.2, 0.25) is 11.0 Å². The summed E-state index contributed by atoms with van der Waals surface area (Å²) in [5.74, 6) is 2.03. The molecule has 1 aromatic heterocycles. The predicted octanol–water partition coefficient (Wildman–Crippen LogP) is 4.93. The molecule has 0 saturated heterocycles. The highest BCUT2D eigenvalue weighted by Gasteiger charge is 2.20. The van der Waals surface area contributed by atoms with Crippen LogP contribution in [0.1, 0.15) is 17.3 Å². The van der Waals surface area contributed by atoms with Crippen molar-refractivity contribution >= 4 is 29.7 Å². The second-order valence-electron chi connectivity index (χ2n) is 7.34. The van der Waals surface area contributed by atoms with Gasteiger partial charge in [0.05, 0.1) is 25.7 Å². The van der Waals surface area contributed by atoms with E-state index in [-0.39, 0.29) is 5.78 Å². The van der Waals surface area contributed by atoms with Crippen LogP contribution in [0.5, 0.6) is 11.5 Å². The zero-order valence-electron chi connectivity index (χ0n) is 19.2. The average molecular weight is 487 g/mol. The van der Waals surface area contributed by atoms with Gasteiger partial charge in [-0.3, -0.25) is 4.79 Å². The highest BCUT2D eigenvalue weighted by atomic mass is 19.5. The molecule has 4 rings (SSSR count). The maximum atomic E-state index is 11.5. The molecule has 0 fully saturated rings. The summed E-state index contributed by atoms with van der Waals surface area (Å²) in [6.45, 7) is 1.56. The Kier molecular flexibility index (Phi) is 7.96. The van der Waals surface area contributed by atoms with Gasteiger partial charge in [-0.1, -0.05) is 12.1 Å². The number of hydrogen-bond donors (Lipinski definition) is 1. The largest absolute Gasteiger partial charge is 0.673 e. The molecule has 1 heterocycles. The van der Waals surface area contributed by atoms with Crippen molar-refractivity contribution in [3.05, 3.63) is 83.7 Å². The van der Waals surface area contributed by atoms with Crippen molar-refractivity contribution in [1.29, 1.82) is 0 Å². The first-order valence-electron chi connectivity index (χ1n) is 10.4. The average Bonchev–Trinajstić information content (AvgIpc) is 2.82. The van der Waals surface area contributed by atoms with Gasteiger partial charge in [0.25, 0.3) is 0 Å². The minimum atomic E-state index is -6.00. The molecule has 10 heteroatoms. The maximum absolute atomic E-state index is 11.5. The summed E-state index contributed by atoms with van der Waals surface area (Å²) in [6.07, 6.45) is 0. The lowest BCUT2D eigenvalue weighted by molar-refractivity contribution is -0.400. The summed E-state index contributed by atoms with van der Waals surface area (Å²) >= 11 is 0. The Hall–Kier alpha value is -4.08. The fraction of sp³-hybridized carbons (Fsp3) is 0.120. The molecule has 0 unspecified atom stereocenters. The van der Waals surface area contributed by atoms with E-state index in [4.69, 9.17) is 13.9 Å². The Labute approximate surface area is 198 Å². The van der Waals surface area contributed by atoms with E-state index in [9.17, 15) is 22.1 Å². The summed E-state index contributed by atoms with van der Waals surface area (Å²) in [4.78, 5) is 15.0. The number of para-hydroxylation sites is 1. The second-order valence-corrected chi connectivity index (χ2v) is 7.34. The third-order valence-corrected chi connectivity index (χ3v) is 4.91. The number of halogens is 4. The molecule has 5 nitrogen and oxygen atoms in total. The predicted molar refractivity (Wildman–Crippen MR) is 125 cm³/mol. The lowest BCUT2D eigenvalue weighted by atomic mass is 10.1. The maximum Gasteiger partial charge on any atom is 0.673 e. The molecule has 0 saturated carbocycles. The standard InChI is InChI=1S/C25H21NO4.BF4/c1-16(27)17-8-11-19(12-9-17)26-21-15-24(30-22-7-5-4-6-20(21)22)18-10-13-23(28-2)25(14-18)29-3;2-1(3,4)5/h4-15H,1-3H3;/q;-1/p+1. The number of carbonyl (C=O) groups excluding carboxylic acids is 1. The van der Waals surface area contributed by atoms with Crippen LogP contribution in [0.25, 0.3) is 22.3 Å². The van der Waals surface area contributed by atoms with Crippen molar-refractivity contribution in [3.63, 3.8) is 0 Å². The fourth-order valence-electron chi connectivity index (χ4n) is 3.31. The minimum absolute atomic E-state index is 0.0428. The van der Waals surface area contributed by atoms with Crippen LogP contribution in [-0.2, 0) is 0 Å². The number of carbonyl (C=O) groups is 1. The summed E-state index contributed by atoms with van der Waals surface area (Å²) < 4.78 is 55.9. The van der Waals surface area contributed by atoms with Crippen molar-refractivity contribution in [2.75, 3.05) is 14.2 Å². The number of nitrogens with one attached hydrogen (secondary N) is 1. The van der Waals surface area contributed by atoms with Crippen LogP contribution in [-0.4, -0.2) is 27.3 Å². The third kappa shape index (κ3) is 6.95. The molecule has 3 aromatic carbocycles. The summed E-state index contributed by atoms with van der Waals surface area (Å²) in [7, 11) is -2.78. The Morgan fingerprint density at radius 3 is 2.09 bits per heavy atom. The van der Waals surface area contributed by atoms with E-state index in [0.29, 0.717) is 22.8 Å². The summed E-state index contributed by atoms with van der Waals surface area (Å²) in [5.41, 5.74) is 3.19. The fourth-order valence-corrected chi connectivity index (χ4v) is 3.31. The van der Waals surface area contributed by atoms with Crippen LogP contribution in [0.15, 0.2) is 77.2 Å². The molecule has 0 amide bonds. The summed E-state index contributed by atoms with van der Waals surface area (Å²) in [5, 5.41) is 1.86. The monoisotopic (exact) mass is 487 g/mol. The minimum Gasteiger partial charge on any atom is -0.493 e. The number of Topliss-reactive ketones (excluding diaryl/α,β-unsaturated/α-hetero) is 1. The van der Waals surface area contributed by atoms with E-state index in [1.54, 1.807) is 21.1 Å². The first kappa shape index (κ1) is 25.5. The molecular weight excluding hydrogens is 465 g/mol. The molecule has 1 N–H and O–H groups in total. The van der Waals surface area contributed by atoms with Gasteiger partial charge in [-0.05, 0) is 49.4 Å². The van der Waals surface area contributed by atoms with E-state index in [2.05, 4.69) is 4.99 Å². The number of ether oxygens (including phenoxy) is 2. The number of benzene rings is 3. The number of methoxy groups -OCH3 is 2. The number of fused-ring (bicyclic) bond motifs is 1. The van der Waals surface area contributed by atoms with Crippen LogP contribution in [0.4, 0.5) is 23.0 Å². The highest BCUT2D eigenvalue weighted by Crippen LogP contribution is 2.32. The van der Waals surface area contributed by atoms with Gasteiger partial charge in [0, 0.05) is 23.3 Å². The highest BCUT2D eigenvalue weighted by molar-refractivity contribution is 6.50.